The van der Waals surface area contributed by atoms with E-state index in [1.165, 1.54) is 7.05 Å². The number of rotatable bonds is 3. The lowest BCUT2D eigenvalue weighted by Gasteiger charge is -2.26. The van der Waals surface area contributed by atoms with Crippen molar-refractivity contribution in [2.45, 2.75) is 30.8 Å². The molecule has 1 amide bonds. The van der Waals surface area contributed by atoms with Gasteiger partial charge in [-0.2, -0.15) is 0 Å². The molecule has 1 saturated heterocycles. The number of hydrogen-bond donors (Lipinski definition) is 4. The minimum Gasteiger partial charge on any atom is -0.387 e. The number of hydrogen-bond acceptors (Lipinski definition) is 6. The second-order valence-electron chi connectivity index (χ2n) is 3.16. The summed E-state index contributed by atoms with van der Waals surface area (Å²) in [5, 5.41) is 36.8. The van der Waals surface area contributed by atoms with E-state index in [9.17, 15) is 15.0 Å². The Bertz CT molecular complexity index is 212. The number of aliphatic hydroxyl groups excluding tert-OH is 4. The zero-order valence-corrected chi connectivity index (χ0v) is 7.52. The van der Waals surface area contributed by atoms with Crippen LogP contribution in [0.3, 0.4) is 0 Å². The number of carbonyl (C=O) groups excluding carboxylic acids is 1. The van der Waals surface area contributed by atoms with Gasteiger partial charge in [0.1, 0.15) is 18.3 Å². The minimum absolute atomic E-state index is 0.345. The van der Waals surface area contributed by atoms with Crippen LogP contribution in [0, 0.1) is 0 Å². The number of amides is 1. The van der Waals surface area contributed by atoms with Gasteiger partial charge in [0.2, 0.25) is 6.41 Å². The van der Waals surface area contributed by atoms with Crippen molar-refractivity contribution in [1.29, 1.82) is 0 Å². The van der Waals surface area contributed by atoms with Crippen LogP contribution in [0.4, 0.5) is 0 Å². The molecule has 4 N–H and O–H groups in total. The van der Waals surface area contributed by atoms with Gasteiger partial charge in [-0.1, -0.05) is 0 Å². The SMILES string of the molecule is CN(C=O)C(O)[C@H]1OC(O)[C@H](O)[C@@H]1O. The van der Waals surface area contributed by atoms with E-state index < -0.39 is 30.8 Å². The van der Waals surface area contributed by atoms with Gasteiger partial charge in [0.15, 0.2) is 12.5 Å². The van der Waals surface area contributed by atoms with E-state index in [-0.39, 0.29) is 0 Å². The maximum atomic E-state index is 10.3. The summed E-state index contributed by atoms with van der Waals surface area (Å²) >= 11 is 0. The summed E-state index contributed by atoms with van der Waals surface area (Å²) in [5.41, 5.74) is 0. The molecule has 1 rings (SSSR count). The van der Waals surface area contributed by atoms with Crippen LogP contribution in [0.25, 0.3) is 0 Å². The average molecular weight is 207 g/mol. The molecule has 1 heterocycles. The highest BCUT2D eigenvalue weighted by Gasteiger charge is 2.46. The third-order valence-electron chi connectivity index (χ3n) is 2.15. The first-order valence-electron chi connectivity index (χ1n) is 4.04. The Kier molecular flexibility index (Phi) is 3.40. The minimum atomic E-state index is -1.55. The maximum Gasteiger partial charge on any atom is 0.211 e. The van der Waals surface area contributed by atoms with Gasteiger partial charge in [0.05, 0.1) is 0 Å². The molecule has 82 valence electrons. The third kappa shape index (κ3) is 1.86. The molecule has 0 aromatic carbocycles. The first kappa shape index (κ1) is 11.3. The molecule has 1 fully saturated rings. The predicted octanol–water partition coefficient (Wildman–Crippen LogP) is -3.17. The zero-order chi connectivity index (χ0) is 10.9. The molecule has 0 saturated carbocycles. The van der Waals surface area contributed by atoms with Crippen molar-refractivity contribution >= 4 is 6.41 Å². The van der Waals surface area contributed by atoms with Gasteiger partial charge in [0, 0.05) is 7.05 Å². The molecule has 0 aromatic heterocycles. The molecule has 2 unspecified atom stereocenters. The monoisotopic (exact) mass is 207 g/mol. The van der Waals surface area contributed by atoms with E-state index in [2.05, 4.69) is 4.74 Å². The van der Waals surface area contributed by atoms with Crippen LogP contribution in [0.2, 0.25) is 0 Å². The topological polar surface area (TPSA) is 110 Å². The fraction of sp³-hybridized carbons (Fsp3) is 0.857. The van der Waals surface area contributed by atoms with E-state index in [4.69, 9.17) is 10.2 Å². The number of likely N-dealkylation sites (N-methyl/N-ethyl adjacent to an activating group) is 1. The van der Waals surface area contributed by atoms with Crippen LogP contribution in [-0.2, 0) is 9.53 Å². The van der Waals surface area contributed by atoms with Crippen molar-refractivity contribution < 1.29 is 30.0 Å². The van der Waals surface area contributed by atoms with E-state index in [0.29, 0.717) is 6.41 Å². The molecule has 0 aromatic rings. The van der Waals surface area contributed by atoms with Crippen molar-refractivity contribution in [2.24, 2.45) is 0 Å². The second-order valence-corrected chi connectivity index (χ2v) is 3.16. The Morgan fingerprint density at radius 3 is 2.29 bits per heavy atom. The lowest BCUT2D eigenvalue weighted by atomic mass is 10.1. The molecule has 5 atom stereocenters. The fourth-order valence-electron chi connectivity index (χ4n) is 1.23. The van der Waals surface area contributed by atoms with Crippen LogP contribution in [-0.4, -0.2) is 69.6 Å². The van der Waals surface area contributed by atoms with Gasteiger partial charge in [-0.15, -0.1) is 0 Å². The number of ether oxygens (including phenoxy) is 1. The maximum absolute atomic E-state index is 10.3. The summed E-state index contributed by atoms with van der Waals surface area (Å²) in [5.74, 6) is 0. The highest BCUT2D eigenvalue weighted by molar-refractivity contribution is 5.46. The van der Waals surface area contributed by atoms with Crippen molar-refractivity contribution in [1.82, 2.24) is 4.90 Å². The quantitative estimate of drug-likeness (QED) is 0.287. The normalized spacial score (nSPS) is 39.5. The molecule has 0 radical (unpaired) electrons. The largest absolute Gasteiger partial charge is 0.387 e. The lowest BCUT2D eigenvalue weighted by Crippen LogP contribution is -2.46. The first-order chi connectivity index (χ1) is 6.49. The molecule has 7 nitrogen and oxygen atoms in total. The lowest BCUT2D eigenvalue weighted by molar-refractivity contribution is -0.171. The standard InChI is InChI=1S/C7H13NO6/c1-8(2-9)6(12)5-3(10)4(11)7(13)14-5/h2-7,10-13H,1H3/t3-,4+,5-,6?,7?/m0/s1. The van der Waals surface area contributed by atoms with E-state index >= 15 is 0 Å². The average Bonchev–Trinajstić information content (AvgIpc) is 2.43. The Morgan fingerprint density at radius 1 is 1.36 bits per heavy atom. The number of carbonyl (C=O) groups is 1. The Labute approximate surface area is 80.1 Å². The predicted molar refractivity (Wildman–Crippen MR) is 42.7 cm³/mol. The third-order valence-corrected chi connectivity index (χ3v) is 2.15. The van der Waals surface area contributed by atoms with Crippen LogP contribution in [0.5, 0.6) is 0 Å². The van der Waals surface area contributed by atoms with E-state index in [1.807, 2.05) is 0 Å². The van der Waals surface area contributed by atoms with E-state index in [1.54, 1.807) is 0 Å². The van der Waals surface area contributed by atoms with Crippen molar-refractivity contribution in [2.75, 3.05) is 7.05 Å². The van der Waals surface area contributed by atoms with Crippen LogP contribution >= 0.6 is 0 Å². The smallest absolute Gasteiger partial charge is 0.211 e. The molecule has 0 aliphatic carbocycles. The van der Waals surface area contributed by atoms with Crippen LogP contribution in [0.1, 0.15) is 0 Å². The first-order valence-corrected chi connectivity index (χ1v) is 4.04. The second kappa shape index (κ2) is 4.20. The molecular formula is C7H13NO6. The molecule has 0 bridgehead atoms. The molecule has 1 aliphatic rings. The van der Waals surface area contributed by atoms with Gasteiger partial charge >= 0.3 is 0 Å². The highest BCUT2D eigenvalue weighted by Crippen LogP contribution is 2.22. The molecule has 14 heavy (non-hydrogen) atoms. The molecule has 0 spiro atoms. The van der Waals surface area contributed by atoms with Crippen LogP contribution < -0.4 is 0 Å². The van der Waals surface area contributed by atoms with Gasteiger partial charge < -0.3 is 30.1 Å². The van der Waals surface area contributed by atoms with Crippen molar-refractivity contribution in [3.63, 3.8) is 0 Å². The number of nitrogens with zero attached hydrogens (tertiary/aromatic N) is 1. The summed E-state index contributed by atoms with van der Waals surface area (Å²) in [4.78, 5) is 11.1. The summed E-state index contributed by atoms with van der Waals surface area (Å²) in [7, 11) is 1.28. The molecule has 1 aliphatic heterocycles. The van der Waals surface area contributed by atoms with Gasteiger partial charge in [-0.25, -0.2) is 0 Å². The van der Waals surface area contributed by atoms with Gasteiger partial charge in [-0.05, 0) is 0 Å². The van der Waals surface area contributed by atoms with Gasteiger partial charge in [0.25, 0.3) is 0 Å². The Balaban J connectivity index is 2.65. The molecular weight excluding hydrogens is 194 g/mol. The highest BCUT2D eigenvalue weighted by atomic mass is 16.6. The number of aliphatic hydroxyl groups is 4. The summed E-state index contributed by atoms with van der Waals surface area (Å²) < 4.78 is 4.68. The fourth-order valence-corrected chi connectivity index (χ4v) is 1.23. The summed E-state index contributed by atoms with van der Waals surface area (Å²) in [6.07, 6.45) is -6.73. The zero-order valence-electron chi connectivity index (χ0n) is 7.52. The summed E-state index contributed by atoms with van der Waals surface area (Å²) in [6, 6.07) is 0. The van der Waals surface area contributed by atoms with Crippen LogP contribution in [0.15, 0.2) is 0 Å². The summed E-state index contributed by atoms with van der Waals surface area (Å²) in [6.45, 7) is 0. The van der Waals surface area contributed by atoms with E-state index in [0.717, 1.165) is 4.90 Å². The van der Waals surface area contributed by atoms with Crippen molar-refractivity contribution in [3.8, 4) is 0 Å². The van der Waals surface area contributed by atoms with Crippen molar-refractivity contribution in [3.05, 3.63) is 0 Å². The Morgan fingerprint density at radius 2 is 1.93 bits per heavy atom. The molecule has 7 heteroatoms. The van der Waals surface area contributed by atoms with Gasteiger partial charge in [-0.3, -0.25) is 4.79 Å². The Hall–Kier alpha value is -0.730.